The summed E-state index contributed by atoms with van der Waals surface area (Å²) in [4.78, 5) is 11.4. The van der Waals surface area contributed by atoms with Crippen molar-refractivity contribution >= 4 is 5.78 Å². The van der Waals surface area contributed by atoms with Crippen LogP contribution < -0.4 is 4.74 Å². The van der Waals surface area contributed by atoms with Crippen LogP contribution in [-0.2, 0) is 14.2 Å². The van der Waals surface area contributed by atoms with Crippen molar-refractivity contribution in [2.45, 2.75) is 75.3 Å². The maximum atomic E-state index is 11.4. The average Bonchev–Trinajstić information content (AvgIpc) is 2.75. The first kappa shape index (κ1) is 24.0. The van der Waals surface area contributed by atoms with Crippen molar-refractivity contribution in [2.24, 2.45) is 0 Å². The van der Waals surface area contributed by atoms with Crippen molar-refractivity contribution in [1.82, 2.24) is 0 Å². The second kappa shape index (κ2) is 9.86. The first-order valence-electron chi connectivity index (χ1n) is 9.89. The molecule has 10 atom stereocenters. The van der Waals surface area contributed by atoms with Gasteiger partial charge in [0.25, 0.3) is 0 Å². The van der Waals surface area contributed by atoms with Gasteiger partial charge >= 0.3 is 0 Å². The fourth-order valence-electron chi connectivity index (χ4n) is 3.48. The minimum absolute atomic E-state index is 0.140. The van der Waals surface area contributed by atoms with Gasteiger partial charge in [-0.05, 0) is 38.1 Å². The lowest BCUT2D eigenvalue weighted by Crippen LogP contribution is -2.64. The number of benzene rings is 1. The smallest absolute Gasteiger partial charge is 0.229 e. The minimum atomic E-state index is -1.65. The molecule has 0 spiro atoms. The molecule has 0 aliphatic carbocycles. The van der Waals surface area contributed by atoms with Gasteiger partial charge in [0, 0.05) is 5.56 Å². The van der Waals surface area contributed by atoms with Crippen molar-refractivity contribution in [3.05, 3.63) is 29.8 Å². The summed E-state index contributed by atoms with van der Waals surface area (Å²) in [5.41, 5.74) is 0.452. The summed E-state index contributed by atoms with van der Waals surface area (Å²) in [6.45, 7) is 2.26. The number of hydrogen-bond acceptors (Lipinski definition) is 11. The van der Waals surface area contributed by atoms with Crippen LogP contribution in [0.5, 0.6) is 5.75 Å². The van der Waals surface area contributed by atoms with E-state index in [4.69, 9.17) is 18.9 Å². The number of carbonyl (C=O) groups is 1. The molecule has 0 amide bonds. The van der Waals surface area contributed by atoms with Crippen molar-refractivity contribution in [2.75, 3.05) is 6.61 Å². The number of carbonyl (C=O) groups excluding carboxylic acids is 1. The van der Waals surface area contributed by atoms with Crippen molar-refractivity contribution in [3.63, 3.8) is 0 Å². The molecule has 0 unspecified atom stereocenters. The van der Waals surface area contributed by atoms with Crippen LogP contribution in [0.4, 0.5) is 0 Å². The van der Waals surface area contributed by atoms with Gasteiger partial charge in [-0.2, -0.15) is 0 Å². The van der Waals surface area contributed by atoms with Gasteiger partial charge in [-0.1, -0.05) is 0 Å². The van der Waals surface area contributed by atoms with E-state index in [-0.39, 0.29) is 11.5 Å². The summed E-state index contributed by atoms with van der Waals surface area (Å²) in [5.74, 6) is 0.108. The highest BCUT2D eigenvalue weighted by Gasteiger charge is 2.50. The van der Waals surface area contributed by atoms with E-state index < -0.39 is 68.0 Å². The Bertz CT molecular complexity index is 741. The van der Waals surface area contributed by atoms with Gasteiger partial charge in [0.2, 0.25) is 6.29 Å². The number of ether oxygens (including phenoxy) is 4. The molecule has 11 nitrogen and oxygen atoms in total. The molecular formula is C20H28O11. The molecule has 1 aromatic rings. The number of aliphatic hydroxyl groups excluding tert-OH is 6. The molecule has 0 bridgehead atoms. The second-order valence-electron chi connectivity index (χ2n) is 7.69. The van der Waals surface area contributed by atoms with E-state index in [0.717, 1.165) is 0 Å². The zero-order valence-electron chi connectivity index (χ0n) is 17.0. The van der Waals surface area contributed by atoms with Gasteiger partial charge in [-0.25, -0.2) is 0 Å². The topological polar surface area (TPSA) is 175 Å². The summed E-state index contributed by atoms with van der Waals surface area (Å²) in [6, 6.07) is 6.05. The first-order valence-corrected chi connectivity index (χ1v) is 9.89. The Morgan fingerprint density at radius 1 is 0.903 bits per heavy atom. The summed E-state index contributed by atoms with van der Waals surface area (Å²) in [6.07, 6.45) is -14.0. The molecule has 0 saturated carbocycles. The zero-order valence-corrected chi connectivity index (χ0v) is 17.0. The maximum Gasteiger partial charge on any atom is 0.229 e. The van der Waals surface area contributed by atoms with E-state index in [1.54, 1.807) is 0 Å². The van der Waals surface area contributed by atoms with E-state index in [1.807, 2.05) is 0 Å². The Labute approximate surface area is 178 Å². The summed E-state index contributed by atoms with van der Waals surface area (Å²) < 4.78 is 22.3. The largest absolute Gasteiger partial charge is 0.462 e. The fraction of sp³-hybridized carbons (Fsp3) is 0.650. The Kier molecular flexibility index (Phi) is 7.63. The first-order chi connectivity index (χ1) is 14.6. The Hall–Kier alpha value is -1.67. The van der Waals surface area contributed by atoms with Crippen LogP contribution >= 0.6 is 0 Å². The number of hydrogen-bond donors (Lipinski definition) is 6. The molecule has 2 saturated heterocycles. The van der Waals surface area contributed by atoms with E-state index >= 15 is 0 Å². The van der Waals surface area contributed by atoms with Crippen LogP contribution in [0, 0.1) is 0 Å². The third-order valence-electron chi connectivity index (χ3n) is 5.44. The van der Waals surface area contributed by atoms with Crippen LogP contribution in [-0.4, -0.2) is 104 Å². The predicted molar refractivity (Wildman–Crippen MR) is 102 cm³/mol. The Morgan fingerprint density at radius 3 is 2.13 bits per heavy atom. The van der Waals surface area contributed by atoms with E-state index in [9.17, 15) is 35.4 Å². The van der Waals surface area contributed by atoms with Crippen LogP contribution in [0.25, 0.3) is 0 Å². The number of Topliss-reactive ketones (excluding diaryl/α,β-unsaturated/α-hetero) is 1. The third kappa shape index (κ3) is 5.06. The Balaban J connectivity index is 1.81. The molecule has 174 valence electrons. The Morgan fingerprint density at radius 2 is 1.55 bits per heavy atom. The normalized spacial score (nSPS) is 41.0. The minimum Gasteiger partial charge on any atom is -0.462 e. The molecule has 2 heterocycles. The molecular weight excluding hydrogens is 416 g/mol. The van der Waals surface area contributed by atoms with Gasteiger partial charge in [0.15, 0.2) is 18.2 Å². The SMILES string of the molecule is CC(=O)c1ccc(O[C@H]2O[C@@H](CO)[C@H](O)[C@@H](O)[C@@H]2O[C@H]2O[C@@H](C)[C@H](O)[C@@H](O)[C@@H]2O)cc1. The third-order valence-corrected chi connectivity index (χ3v) is 5.44. The monoisotopic (exact) mass is 444 g/mol. The number of ketones is 1. The molecule has 6 N–H and O–H groups in total. The molecule has 2 aliphatic rings. The molecule has 0 radical (unpaired) electrons. The van der Waals surface area contributed by atoms with Crippen LogP contribution in [0.1, 0.15) is 24.2 Å². The molecule has 2 fully saturated rings. The summed E-state index contributed by atoms with van der Waals surface area (Å²) >= 11 is 0. The zero-order chi connectivity index (χ0) is 22.9. The van der Waals surface area contributed by atoms with Crippen molar-refractivity contribution in [3.8, 4) is 5.75 Å². The molecule has 0 aromatic heterocycles. The van der Waals surface area contributed by atoms with Crippen LogP contribution in [0.15, 0.2) is 24.3 Å². The average molecular weight is 444 g/mol. The molecule has 2 aliphatic heterocycles. The maximum absolute atomic E-state index is 11.4. The standard InChI is InChI=1S/C20H28O11/c1-8(22)10-3-5-11(6-4-10)29-20-18(16(26)14(24)12(7-21)30-20)31-19-17(27)15(25)13(23)9(2)28-19/h3-6,9,12-21,23-27H,7H2,1-2H3/t9-,12-,13-,14-,15+,16+,17-,18-,19+,20-/m0/s1. The summed E-state index contributed by atoms with van der Waals surface area (Å²) in [7, 11) is 0. The highest BCUT2D eigenvalue weighted by Crippen LogP contribution is 2.30. The van der Waals surface area contributed by atoms with Crippen LogP contribution in [0.3, 0.4) is 0 Å². The van der Waals surface area contributed by atoms with Gasteiger partial charge in [-0.15, -0.1) is 0 Å². The van der Waals surface area contributed by atoms with E-state index in [0.29, 0.717) is 5.56 Å². The lowest BCUT2D eigenvalue weighted by Gasteiger charge is -2.45. The second-order valence-corrected chi connectivity index (χ2v) is 7.69. The van der Waals surface area contributed by atoms with Gasteiger partial charge < -0.3 is 49.6 Å². The quantitative estimate of drug-likeness (QED) is 0.266. The molecule has 1 aromatic carbocycles. The lowest BCUT2D eigenvalue weighted by atomic mass is 9.97. The highest BCUT2D eigenvalue weighted by molar-refractivity contribution is 5.94. The molecule has 11 heteroatoms. The molecule has 3 rings (SSSR count). The van der Waals surface area contributed by atoms with Crippen LogP contribution in [0.2, 0.25) is 0 Å². The fourth-order valence-corrected chi connectivity index (χ4v) is 3.48. The van der Waals surface area contributed by atoms with E-state index in [2.05, 4.69) is 0 Å². The molecule has 31 heavy (non-hydrogen) atoms. The van der Waals surface area contributed by atoms with E-state index in [1.165, 1.54) is 38.1 Å². The number of rotatable bonds is 6. The van der Waals surface area contributed by atoms with Gasteiger partial charge in [-0.3, -0.25) is 4.79 Å². The lowest BCUT2D eigenvalue weighted by molar-refractivity contribution is -0.354. The van der Waals surface area contributed by atoms with Crippen molar-refractivity contribution < 1.29 is 54.4 Å². The van der Waals surface area contributed by atoms with Gasteiger partial charge in [0.1, 0.15) is 42.4 Å². The highest BCUT2D eigenvalue weighted by atomic mass is 16.8. The summed E-state index contributed by atoms with van der Waals surface area (Å²) in [5, 5.41) is 60.3. The van der Waals surface area contributed by atoms with Crippen molar-refractivity contribution in [1.29, 1.82) is 0 Å². The number of aliphatic hydroxyl groups is 6. The van der Waals surface area contributed by atoms with Gasteiger partial charge in [0.05, 0.1) is 12.7 Å². The predicted octanol–water partition coefficient (Wildman–Crippen LogP) is -2.08.